The van der Waals surface area contributed by atoms with Gasteiger partial charge in [-0.1, -0.05) is 24.3 Å². The maximum absolute atomic E-state index is 10.6. The molecule has 1 aromatic rings. The molecule has 0 bridgehead atoms. The van der Waals surface area contributed by atoms with Gasteiger partial charge in [0.05, 0.1) is 6.10 Å². The van der Waals surface area contributed by atoms with Gasteiger partial charge in [-0.15, -0.1) is 0 Å². The van der Waals surface area contributed by atoms with Crippen LogP contribution in [0.4, 0.5) is 0 Å². The number of hydrogen-bond donors (Lipinski definition) is 2. The van der Waals surface area contributed by atoms with E-state index in [2.05, 4.69) is 11.0 Å². The van der Waals surface area contributed by atoms with Crippen LogP contribution < -0.4 is 0 Å². The molecule has 0 radical (unpaired) electrons. The molecule has 2 aliphatic rings. The Morgan fingerprint density at radius 3 is 2.95 bits per heavy atom. The van der Waals surface area contributed by atoms with Crippen molar-refractivity contribution in [2.45, 2.75) is 25.5 Å². The zero-order valence-electron chi connectivity index (χ0n) is 12.0. The van der Waals surface area contributed by atoms with Gasteiger partial charge in [-0.2, -0.15) is 0 Å². The van der Waals surface area contributed by atoms with Crippen molar-refractivity contribution in [3.63, 3.8) is 0 Å². The van der Waals surface area contributed by atoms with E-state index < -0.39 is 5.97 Å². The van der Waals surface area contributed by atoms with Crippen molar-refractivity contribution in [2.24, 2.45) is 11.8 Å². The van der Waals surface area contributed by atoms with Crippen LogP contribution in [0.15, 0.2) is 30.3 Å². The van der Waals surface area contributed by atoms with Gasteiger partial charge >= 0.3 is 5.97 Å². The second-order valence-corrected chi connectivity index (χ2v) is 6.18. The predicted molar refractivity (Wildman–Crippen MR) is 80.6 cm³/mol. The standard InChI is InChI=1S/C17H21NO3/c19-16-6-5-14-10-18(11-15(14)16)9-13-3-1-2-12(8-13)4-7-17(20)21/h1-4,7-8,14-16,19H,5-6,9-11H2,(H,20,21)/b7-4+. The van der Waals surface area contributed by atoms with E-state index in [0.29, 0.717) is 11.8 Å². The minimum atomic E-state index is -0.929. The average molecular weight is 287 g/mol. The van der Waals surface area contributed by atoms with Crippen LogP contribution in [-0.4, -0.2) is 40.3 Å². The fourth-order valence-corrected chi connectivity index (χ4v) is 3.68. The van der Waals surface area contributed by atoms with Crippen molar-refractivity contribution in [2.75, 3.05) is 13.1 Å². The molecule has 2 fully saturated rings. The van der Waals surface area contributed by atoms with E-state index in [9.17, 15) is 9.90 Å². The van der Waals surface area contributed by atoms with Gasteiger partial charge in [0.15, 0.2) is 0 Å². The minimum Gasteiger partial charge on any atom is -0.478 e. The fourth-order valence-electron chi connectivity index (χ4n) is 3.68. The predicted octanol–water partition coefficient (Wildman–Crippen LogP) is 1.99. The smallest absolute Gasteiger partial charge is 0.328 e. The lowest BCUT2D eigenvalue weighted by Gasteiger charge is -2.18. The molecule has 1 saturated carbocycles. The van der Waals surface area contributed by atoms with Gasteiger partial charge in [0.1, 0.15) is 0 Å². The lowest BCUT2D eigenvalue weighted by atomic mass is 10.00. The molecule has 1 aliphatic heterocycles. The average Bonchev–Trinajstić information content (AvgIpc) is 2.99. The van der Waals surface area contributed by atoms with Gasteiger partial charge < -0.3 is 10.2 Å². The van der Waals surface area contributed by atoms with E-state index in [1.165, 1.54) is 5.56 Å². The van der Waals surface area contributed by atoms with Crippen LogP contribution in [-0.2, 0) is 11.3 Å². The van der Waals surface area contributed by atoms with Gasteiger partial charge in [0.25, 0.3) is 0 Å². The Morgan fingerprint density at radius 2 is 2.19 bits per heavy atom. The first-order valence-electron chi connectivity index (χ1n) is 7.52. The van der Waals surface area contributed by atoms with E-state index in [1.807, 2.05) is 18.2 Å². The Hall–Kier alpha value is -1.65. The zero-order chi connectivity index (χ0) is 14.8. The Kier molecular flexibility index (Phi) is 4.08. The highest BCUT2D eigenvalue weighted by molar-refractivity contribution is 5.85. The third kappa shape index (κ3) is 3.34. The summed E-state index contributed by atoms with van der Waals surface area (Å²) in [6, 6.07) is 7.97. The number of aliphatic hydroxyl groups excluding tert-OH is 1. The van der Waals surface area contributed by atoms with E-state index in [0.717, 1.165) is 44.1 Å². The summed E-state index contributed by atoms with van der Waals surface area (Å²) in [4.78, 5) is 13.0. The number of rotatable bonds is 4. The molecule has 1 aromatic carbocycles. The number of fused-ring (bicyclic) bond motifs is 1. The number of benzene rings is 1. The lowest BCUT2D eigenvalue weighted by Crippen LogP contribution is -2.24. The molecule has 2 N–H and O–H groups in total. The highest BCUT2D eigenvalue weighted by atomic mass is 16.4. The molecule has 0 spiro atoms. The van der Waals surface area contributed by atoms with Gasteiger partial charge in [-0.25, -0.2) is 4.79 Å². The van der Waals surface area contributed by atoms with Crippen molar-refractivity contribution in [1.82, 2.24) is 4.90 Å². The number of nitrogens with zero attached hydrogens (tertiary/aromatic N) is 1. The van der Waals surface area contributed by atoms with Crippen LogP contribution >= 0.6 is 0 Å². The first-order chi connectivity index (χ1) is 10.1. The molecule has 1 aliphatic carbocycles. The summed E-state index contributed by atoms with van der Waals surface area (Å²) in [6.45, 7) is 2.91. The summed E-state index contributed by atoms with van der Waals surface area (Å²) in [7, 11) is 0. The van der Waals surface area contributed by atoms with Gasteiger partial charge in [0, 0.05) is 31.6 Å². The first kappa shape index (κ1) is 14.3. The largest absolute Gasteiger partial charge is 0.478 e. The van der Waals surface area contributed by atoms with Crippen LogP contribution in [0.1, 0.15) is 24.0 Å². The zero-order valence-corrected chi connectivity index (χ0v) is 12.0. The number of hydrogen-bond acceptors (Lipinski definition) is 3. The van der Waals surface area contributed by atoms with Crippen molar-refractivity contribution < 1.29 is 15.0 Å². The summed E-state index contributed by atoms with van der Waals surface area (Å²) in [5.74, 6) is 0.164. The highest BCUT2D eigenvalue weighted by Crippen LogP contribution is 2.38. The Bertz CT molecular complexity index is 555. The third-order valence-electron chi connectivity index (χ3n) is 4.67. The monoisotopic (exact) mass is 287 g/mol. The number of carboxylic acid groups (broad SMARTS) is 1. The minimum absolute atomic E-state index is 0.121. The number of aliphatic carboxylic acids is 1. The van der Waals surface area contributed by atoms with Crippen LogP contribution in [0, 0.1) is 11.8 Å². The Labute approximate surface area is 124 Å². The Morgan fingerprint density at radius 1 is 1.33 bits per heavy atom. The summed E-state index contributed by atoms with van der Waals surface area (Å²) in [5.41, 5.74) is 2.10. The van der Waals surface area contributed by atoms with E-state index >= 15 is 0 Å². The number of carboxylic acids is 1. The summed E-state index contributed by atoms with van der Waals surface area (Å²) in [5, 5.41) is 18.6. The molecule has 0 aromatic heterocycles. The number of likely N-dealkylation sites (tertiary alicyclic amines) is 1. The second kappa shape index (κ2) is 6.00. The van der Waals surface area contributed by atoms with Crippen molar-refractivity contribution >= 4 is 12.0 Å². The maximum Gasteiger partial charge on any atom is 0.328 e. The van der Waals surface area contributed by atoms with Crippen LogP contribution in [0.5, 0.6) is 0 Å². The normalized spacial score (nSPS) is 29.1. The van der Waals surface area contributed by atoms with E-state index in [-0.39, 0.29) is 6.10 Å². The van der Waals surface area contributed by atoms with Crippen molar-refractivity contribution in [1.29, 1.82) is 0 Å². The molecule has 4 heteroatoms. The molecule has 3 unspecified atom stereocenters. The molecule has 3 rings (SSSR count). The summed E-state index contributed by atoms with van der Waals surface area (Å²) in [6.07, 6.45) is 4.76. The van der Waals surface area contributed by atoms with Crippen LogP contribution in [0.2, 0.25) is 0 Å². The van der Waals surface area contributed by atoms with E-state index in [4.69, 9.17) is 5.11 Å². The van der Waals surface area contributed by atoms with Crippen LogP contribution in [0.25, 0.3) is 6.08 Å². The second-order valence-electron chi connectivity index (χ2n) is 6.18. The molecule has 1 heterocycles. The van der Waals surface area contributed by atoms with Gasteiger partial charge in [0.2, 0.25) is 0 Å². The van der Waals surface area contributed by atoms with Gasteiger partial charge in [-0.3, -0.25) is 4.90 Å². The van der Waals surface area contributed by atoms with Gasteiger partial charge in [-0.05, 0) is 36.0 Å². The molecule has 3 atom stereocenters. The number of aliphatic hydroxyl groups is 1. The Balaban J connectivity index is 1.63. The SMILES string of the molecule is O=C(O)/C=C/c1cccc(CN2CC3CCC(O)C3C2)c1. The first-order valence-corrected chi connectivity index (χ1v) is 7.52. The molecule has 112 valence electrons. The molecule has 0 amide bonds. The highest BCUT2D eigenvalue weighted by Gasteiger charge is 2.41. The van der Waals surface area contributed by atoms with Crippen molar-refractivity contribution in [3.05, 3.63) is 41.5 Å². The van der Waals surface area contributed by atoms with Crippen molar-refractivity contribution in [3.8, 4) is 0 Å². The molecular weight excluding hydrogens is 266 g/mol. The summed E-state index contributed by atoms with van der Waals surface area (Å²) >= 11 is 0. The molecular formula is C17H21NO3. The lowest BCUT2D eigenvalue weighted by molar-refractivity contribution is -0.131. The molecule has 21 heavy (non-hydrogen) atoms. The molecule has 1 saturated heterocycles. The van der Waals surface area contributed by atoms with E-state index in [1.54, 1.807) is 6.08 Å². The fraction of sp³-hybridized carbons (Fsp3) is 0.471. The maximum atomic E-state index is 10.6. The topological polar surface area (TPSA) is 60.8 Å². The number of carbonyl (C=O) groups is 1. The molecule has 4 nitrogen and oxygen atoms in total. The summed E-state index contributed by atoms with van der Waals surface area (Å²) < 4.78 is 0. The van der Waals surface area contributed by atoms with Crippen LogP contribution in [0.3, 0.4) is 0 Å². The third-order valence-corrected chi connectivity index (χ3v) is 4.67. The quantitative estimate of drug-likeness (QED) is 0.831.